The first-order valence-corrected chi connectivity index (χ1v) is 6.47. The van der Waals surface area contributed by atoms with Gasteiger partial charge in [-0.3, -0.25) is 9.59 Å². The molecule has 3 N–H and O–H groups in total. The van der Waals surface area contributed by atoms with Gasteiger partial charge in [0.25, 0.3) is 5.91 Å². The monoisotopic (exact) mass is 262 g/mol. The molecule has 6 heteroatoms. The van der Waals surface area contributed by atoms with Crippen molar-refractivity contribution in [2.45, 2.75) is 25.8 Å². The van der Waals surface area contributed by atoms with Gasteiger partial charge in [-0.05, 0) is 25.5 Å². The number of hydrogen-bond donors (Lipinski definition) is 3. The minimum atomic E-state index is -0.176. The van der Waals surface area contributed by atoms with Crippen LogP contribution < -0.4 is 16.0 Å². The maximum Gasteiger partial charge on any atom is 0.255 e. The summed E-state index contributed by atoms with van der Waals surface area (Å²) in [5, 5.41) is 8.69. The molecule has 0 radical (unpaired) electrons. The summed E-state index contributed by atoms with van der Waals surface area (Å²) in [6.07, 6.45) is 2.95. The molecule has 0 aromatic carbocycles. The lowest BCUT2D eigenvalue weighted by atomic mass is 10.2. The Balaban J connectivity index is 1.94. The van der Waals surface area contributed by atoms with E-state index in [0.29, 0.717) is 30.9 Å². The molecule has 2 amide bonds. The summed E-state index contributed by atoms with van der Waals surface area (Å²) < 4.78 is 0. The Morgan fingerprint density at radius 1 is 1.58 bits per heavy atom. The van der Waals surface area contributed by atoms with Crippen molar-refractivity contribution in [1.29, 1.82) is 0 Å². The molecule has 1 unspecified atom stereocenters. The van der Waals surface area contributed by atoms with E-state index in [4.69, 9.17) is 0 Å². The van der Waals surface area contributed by atoms with E-state index in [2.05, 4.69) is 20.9 Å². The van der Waals surface area contributed by atoms with Gasteiger partial charge in [0.15, 0.2) is 0 Å². The Kier molecular flexibility index (Phi) is 4.33. The van der Waals surface area contributed by atoms with Gasteiger partial charge in [-0.25, -0.2) is 4.98 Å². The predicted molar refractivity (Wildman–Crippen MR) is 71.9 cm³/mol. The van der Waals surface area contributed by atoms with Crippen LogP contribution in [0, 0.1) is 0 Å². The van der Waals surface area contributed by atoms with Gasteiger partial charge in [-0.15, -0.1) is 0 Å². The van der Waals surface area contributed by atoms with Crippen molar-refractivity contribution in [3.8, 4) is 0 Å². The van der Waals surface area contributed by atoms with E-state index in [9.17, 15) is 9.59 Å². The van der Waals surface area contributed by atoms with Gasteiger partial charge in [0, 0.05) is 31.7 Å². The van der Waals surface area contributed by atoms with Crippen molar-refractivity contribution in [3.05, 3.63) is 23.9 Å². The Morgan fingerprint density at radius 3 is 3.11 bits per heavy atom. The minimum Gasteiger partial charge on any atom is -0.370 e. The molecule has 0 spiro atoms. The number of nitrogens with one attached hydrogen (secondary N) is 3. The van der Waals surface area contributed by atoms with Crippen LogP contribution in [-0.2, 0) is 4.79 Å². The summed E-state index contributed by atoms with van der Waals surface area (Å²) in [5.41, 5.74) is 0.522. The van der Waals surface area contributed by atoms with Crippen LogP contribution in [-0.4, -0.2) is 35.9 Å². The van der Waals surface area contributed by atoms with E-state index in [-0.39, 0.29) is 17.9 Å². The lowest BCUT2D eigenvalue weighted by molar-refractivity contribution is -0.119. The Labute approximate surface area is 112 Å². The lowest BCUT2D eigenvalue weighted by Crippen LogP contribution is -2.38. The minimum absolute atomic E-state index is 0.0377. The van der Waals surface area contributed by atoms with Crippen molar-refractivity contribution in [1.82, 2.24) is 15.6 Å². The Hall–Kier alpha value is -2.11. The van der Waals surface area contributed by atoms with Crippen LogP contribution in [0.4, 0.5) is 5.82 Å². The van der Waals surface area contributed by atoms with Crippen LogP contribution in [0.3, 0.4) is 0 Å². The largest absolute Gasteiger partial charge is 0.370 e. The summed E-state index contributed by atoms with van der Waals surface area (Å²) >= 11 is 0. The fourth-order valence-corrected chi connectivity index (χ4v) is 2.04. The molecule has 1 atom stereocenters. The average Bonchev–Trinajstić information content (AvgIpc) is 2.83. The fraction of sp³-hybridized carbons (Fsp3) is 0.462. The maximum atomic E-state index is 12.1. The third kappa shape index (κ3) is 3.43. The quantitative estimate of drug-likeness (QED) is 0.722. The molecule has 6 nitrogen and oxygen atoms in total. The van der Waals surface area contributed by atoms with Crippen molar-refractivity contribution < 1.29 is 9.59 Å². The maximum absolute atomic E-state index is 12.1. The number of aromatic nitrogens is 1. The Bertz CT molecular complexity index is 475. The zero-order valence-electron chi connectivity index (χ0n) is 10.9. The van der Waals surface area contributed by atoms with Crippen molar-refractivity contribution in [2.75, 3.05) is 18.4 Å². The van der Waals surface area contributed by atoms with Crippen LogP contribution >= 0.6 is 0 Å². The van der Waals surface area contributed by atoms with Gasteiger partial charge in [-0.2, -0.15) is 0 Å². The van der Waals surface area contributed by atoms with E-state index in [1.54, 1.807) is 18.3 Å². The van der Waals surface area contributed by atoms with E-state index in [1.807, 2.05) is 6.92 Å². The van der Waals surface area contributed by atoms with Gasteiger partial charge in [-0.1, -0.05) is 0 Å². The van der Waals surface area contributed by atoms with E-state index in [1.165, 1.54) is 0 Å². The fourth-order valence-electron chi connectivity index (χ4n) is 2.04. The number of rotatable bonds is 5. The molecular formula is C13H18N4O2. The van der Waals surface area contributed by atoms with Crippen molar-refractivity contribution in [2.24, 2.45) is 0 Å². The molecule has 2 rings (SSSR count). The highest BCUT2D eigenvalue weighted by Gasteiger charge is 2.21. The zero-order valence-corrected chi connectivity index (χ0v) is 10.9. The van der Waals surface area contributed by atoms with Crippen LogP contribution in [0.25, 0.3) is 0 Å². The molecule has 0 saturated carbocycles. The van der Waals surface area contributed by atoms with E-state index >= 15 is 0 Å². The van der Waals surface area contributed by atoms with Crippen LogP contribution in [0.15, 0.2) is 18.3 Å². The van der Waals surface area contributed by atoms with Gasteiger partial charge in [0.2, 0.25) is 5.91 Å². The smallest absolute Gasteiger partial charge is 0.255 e. The first-order valence-electron chi connectivity index (χ1n) is 6.47. The first-order chi connectivity index (χ1) is 9.20. The molecule has 1 saturated heterocycles. The van der Waals surface area contributed by atoms with Crippen LogP contribution in [0.1, 0.15) is 30.1 Å². The van der Waals surface area contributed by atoms with E-state index in [0.717, 1.165) is 6.42 Å². The van der Waals surface area contributed by atoms with E-state index < -0.39 is 0 Å². The molecule has 1 fully saturated rings. The number of carbonyl (C=O) groups is 2. The summed E-state index contributed by atoms with van der Waals surface area (Å²) in [6.45, 7) is 3.10. The van der Waals surface area contributed by atoms with Gasteiger partial charge in [0.05, 0.1) is 5.56 Å². The lowest BCUT2D eigenvalue weighted by Gasteiger charge is -2.13. The number of anilines is 1. The topological polar surface area (TPSA) is 83.1 Å². The van der Waals surface area contributed by atoms with Crippen molar-refractivity contribution in [3.63, 3.8) is 0 Å². The molecule has 1 aromatic rings. The molecule has 2 heterocycles. The molecular weight excluding hydrogens is 244 g/mol. The SMILES string of the molecule is CCNc1ncccc1C(=O)NCC1CCC(=O)N1. The second kappa shape index (κ2) is 6.17. The highest BCUT2D eigenvalue weighted by atomic mass is 16.2. The zero-order chi connectivity index (χ0) is 13.7. The standard InChI is InChI=1S/C13H18N4O2/c1-2-14-12-10(4-3-7-15-12)13(19)16-8-9-5-6-11(18)17-9/h3-4,7,9H,2,5-6,8H2,1H3,(H,14,15)(H,16,19)(H,17,18). The molecule has 1 aromatic heterocycles. The number of pyridine rings is 1. The molecule has 1 aliphatic rings. The molecule has 0 aliphatic carbocycles. The molecule has 1 aliphatic heterocycles. The highest BCUT2D eigenvalue weighted by molar-refractivity contribution is 5.98. The van der Waals surface area contributed by atoms with Gasteiger partial charge in [0.1, 0.15) is 5.82 Å². The number of amides is 2. The molecule has 19 heavy (non-hydrogen) atoms. The van der Waals surface area contributed by atoms with Gasteiger partial charge >= 0.3 is 0 Å². The number of hydrogen-bond acceptors (Lipinski definition) is 4. The van der Waals surface area contributed by atoms with Crippen LogP contribution in [0.5, 0.6) is 0 Å². The highest BCUT2D eigenvalue weighted by Crippen LogP contribution is 2.11. The third-order valence-electron chi connectivity index (χ3n) is 2.99. The molecule has 102 valence electrons. The Morgan fingerprint density at radius 2 is 2.42 bits per heavy atom. The van der Waals surface area contributed by atoms with Gasteiger partial charge < -0.3 is 16.0 Å². The molecule has 0 bridgehead atoms. The van der Waals surface area contributed by atoms with Crippen molar-refractivity contribution >= 4 is 17.6 Å². The second-order valence-electron chi connectivity index (χ2n) is 4.44. The third-order valence-corrected chi connectivity index (χ3v) is 2.99. The number of carbonyl (C=O) groups excluding carboxylic acids is 2. The predicted octanol–water partition coefficient (Wildman–Crippen LogP) is 0.522. The number of nitrogens with zero attached hydrogens (tertiary/aromatic N) is 1. The summed E-state index contributed by atoms with van der Waals surface area (Å²) in [7, 11) is 0. The summed E-state index contributed by atoms with van der Waals surface area (Å²) in [6, 6.07) is 3.50. The van der Waals surface area contributed by atoms with Crippen LogP contribution in [0.2, 0.25) is 0 Å². The average molecular weight is 262 g/mol. The first kappa shape index (κ1) is 13.3. The second-order valence-corrected chi connectivity index (χ2v) is 4.44. The summed E-state index contributed by atoms with van der Waals surface area (Å²) in [5.74, 6) is 0.456. The normalized spacial score (nSPS) is 17.9. The summed E-state index contributed by atoms with van der Waals surface area (Å²) in [4.78, 5) is 27.3.